The van der Waals surface area contributed by atoms with Gasteiger partial charge in [-0.1, -0.05) is 6.07 Å². The van der Waals surface area contributed by atoms with Crippen molar-refractivity contribution in [1.82, 2.24) is 19.8 Å². The average Bonchev–Trinajstić information content (AvgIpc) is 2.55. The zero-order valence-corrected chi connectivity index (χ0v) is 13.3. The number of hydrogen-bond donors (Lipinski definition) is 0. The summed E-state index contributed by atoms with van der Waals surface area (Å²) in [5.41, 5.74) is 3.05. The summed E-state index contributed by atoms with van der Waals surface area (Å²) in [7, 11) is 0. The summed E-state index contributed by atoms with van der Waals surface area (Å²) >= 11 is 0. The SMILES string of the molecule is Cc1cncc(CN2C3CC2CN(Cc2ncccc2F)C3)c1. The van der Waals surface area contributed by atoms with Crippen LogP contribution in [0.15, 0.2) is 36.8 Å². The average molecular weight is 312 g/mol. The number of nitrogens with zero attached hydrogens (tertiary/aromatic N) is 4. The molecule has 0 N–H and O–H groups in total. The Balaban J connectivity index is 1.38. The van der Waals surface area contributed by atoms with Crippen molar-refractivity contribution in [2.24, 2.45) is 0 Å². The minimum atomic E-state index is -0.200. The Morgan fingerprint density at radius 2 is 2.04 bits per heavy atom. The van der Waals surface area contributed by atoms with Gasteiger partial charge in [-0.05, 0) is 36.6 Å². The van der Waals surface area contributed by atoms with Crippen molar-refractivity contribution in [2.45, 2.75) is 38.5 Å². The number of piperidine rings is 1. The van der Waals surface area contributed by atoms with Crippen molar-refractivity contribution >= 4 is 0 Å². The summed E-state index contributed by atoms with van der Waals surface area (Å²) < 4.78 is 13.7. The molecule has 5 rings (SSSR count). The Morgan fingerprint density at radius 1 is 1.22 bits per heavy atom. The summed E-state index contributed by atoms with van der Waals surface area (Å²) in [5.74, 6) is -0.200. The first-order valence-corrected chi connectivity index (χ1v) is 8.17. The van der Waals surface area contributed by atoms with E-state index in [4.69, 9.17) is 0 Å². The van der Waals surface area contributed by atoms with Gasteiger partial charge in [0, 0.05) is 56.9 Å². The Labute approximate surface area is 136 Å². The predicted molar refractivity (Wildman–Crippen MR) is 86.2 cm³/mol. The third-order valence-corrected chi connectivity index (χ3v) is 4.92. The van der Waals surface area contributed by atoms with Gasteiger partial charge in [-0.3, -0.25) is 19.8 Å². The molecule has 23 heavy (non-hydrogen) atoms. The van der Waals surface area contributed by atoms with Crippen LogP contribution in [0.1, 0.15) is 23.2 Å². The van der Waals surface area contributed by atoms with E-state index < -0.39 is 0 Å². The molecule has 0 saturated carbocycles. The fraction of sp³-hybridized carbons (Fsp3) is 0.444. The van der Waals surface area contributed by atoms with Gasteiger partial charge in [0.1, 0.15) is 5.82 Å². The highest BCUT2D eigenvalue weighted by Gasteiger charge is 2.44. The van der Waals surface area contributed by atoms with Gasteiger partial charge >= 0.3 is 0 Å². The lowest BCUT2D eigenvalue weighted by atomic mass is 9.86. The fourth-order valence-electron chi connectivity index (χ4n) is 3.82. The van der Waals surface area contributed by atoms with E-state index in [9.17, 15) is 4.39 Å². The maximum Gasteiger partial charge on any atom is 0.146 e. The summed E-state index contributed by atoms with van der Waals surface area (Å²) in [6, 6.07) is 6.48. The molecule has 3 aliphatic heterocycles. The van der Waals surface area contributed by atoms with Crippen LogP contribution in [0.5, 0.6) is 0 Å². The van der Waals surface area contributed by atoms with Crippen LogP contribution in [0.3, 0.4) is 0 Å². The number of rotatable bonds is 4. The van der Waals surface area contributed by atoms with Crippen LogP contribution >= 0.6 is 0 Å². The zero-order valence-electron chi connectivity index (χ0n) is 13.3. The lowest BCUT2D eigenvalue weighted by Gasteiger charge is -2.56. The van der Waals surface area contributed by atoms with Gasteiger partial charge in [0.25, 0.3) is 0 Å². The number of aromatic nitrogens is 2. The molecule has 3 fully saturated rings. The van der Waals surface area contributed by atoms with E-state index in [0.29, 0.717) is 24.3 Å². The van der Waals surface area contributed by atoms with Crippen molar-refractivity contribution in [2.75, 3.05) is 13.1 Å². The molecule has 4 nitrogen and oxygen atoms in total. The van der Waals surface area contributed by atoms with Crippen LogP contribution in [0.4, 0.5) is 4.39 Å². The first-order valence-electron chi connectivity index (χ1n) is 8.17. The van der Waals surface area contributed by atoms with Crippen molar-refractivity contribution in [3.63, 3.8) is 0 Å². The second-order valence-electron chi connectivity index (χ2n) is 6.71. The van der Waals surface area contributed by atoms with Crippen molar-refractivity contribution in [3.8, 4) is 0 Å². The molecule has 0 spiro atoms. The number of fused-ring (bicyclic) bond motifs is 2. The molecule has 0 radical (unpaired) electrons. The lowest BCUT2D eigenvalue weighted by molar-refractivity contribution is -0.0780. The van der Waals surface area contributed by atoms with Gasteiger partial charge < -0.3 is 0 Å². The van der Waals surface area contributed by atoms with Crippen LogP contribution in [-0.4, -0.2) is 44.9 Å². The molecule has 2 aromatic rings. The normalized spacial score (nSPS) is 24.4. The van der Waals surface area contributed by atoms with E-state index in [-0.39, 0.29) is 5.82 Å². The summed E-state index contributed by atoms with van der Waals surface area (Å²) in [6.45, 7) is 5.64. The van der Waals surface area contributed by atoms with E-state index >= 15 is 0 Å². The summed E-state index contributed by atoms with van der Waals surface area (Å²) in [6.07, 6.45) is 6.77. The summed E-state index contributed by atoms with van der Waals surface area (Å²) in [4.78, 5) is 13.3. The summed E-state index contributed by atoms with van der Waals surface area (Å²) in [5, 5.41) is 0. The molecule has 0 aromatic carbocycles. The molecule has 5 heteroatoms. The molecule has 3 saturated heterocycles. The number of piperazine rings is 1. The maximum atomic E-state index is 13.7. The molecule has 120 valence electrons. The van der Waals surface area contributed by atoms with E-state index in [1.54, 1.807) is 12.3 Å². The number of aryl methyl sites for hydroxylation is 1. The maximum absolute atomic E-state index is 13.7. The highest BCUT2D eigenvalue weighted by atomic mass is 19.1. The molecule has 2 aromatic heterocycles. The van der Waals surface area contributed by atoms with Gasteiger partial charge in [-0.15, -0.1) is 0 Å². The van der Waals surface area contributed by atoms with Crippen molar-refractivity contribution in [1.29, 1.82) is 0 Å². The Hall–Kier alpha value is -1.85. The van der Waals surface area contributed by atoms with Gasteiger partial charge in [0.2, 0.25) is 0 Å². The molecule has 0 amide bonds. The fourth-order valence-corrected chi connectivity index (χ4v) is 3.82. The first kappa shape index (κ1) is 14.7. The number of halogens is 1. The van der Waals surface area contributed by atoms with Crippen LogP contribution in [0.25, 0.3) is 0 Å². The van der Waals surface area contributed by atoms with E-state index in [1.165, 1.54) is 23.6 Å². The van der Waals surface area contributed by atoms with Gasteiger partial charge in [-0.2, -0.15) is 0 Å². The highest BCUT2D eigenvalue weighted by Crippen LogP contribution is 2.34. The van der Waals surface area contributed by atoms with Crippen LogP contribution in [-0.2, 0) is 13.1 Å². The Bertz CT molecular complexity index is 693. The highest BCUT2D eigenvalue weighted by molar-refractivity contribution is 5.18. The molecule has 3 aliphatic rings. The third kappa shape index (κ3) is 2.99. The van der Waals surface area contributed by atoms with Crippen molar-refractivity contribution < 1.29 is 4.39 Å². The smallest absolute Gasteiger partial charge is 0.146 e. The second kappa shape index (κ2) is 5.98. The van der Waals surface area contributed by atoms with E-state index in [1.807, 2.05) is 12.4 Å². The Kier molecular flexibility index (Phi) is 3.83. The number of hydrogen-bond acceptors (Lipinski definition) is 4. The molecule has 2 bridgehead atoms. The van der Waals surface area contributed by atoms with E-state index in [0.717, 1.165) is 19.6 Å². The Morgan fingerprint density at radius 3 is 2.78 bits per heavy atom. The monoisotopic (exact) mass is 312 g/mol. The minimum Gasteiger partial charge on any atom is -0.294 e. The van der Waals surface area contributed by atoms with Gasteiger partial charge in [0.05, 0.1) is 5.69 Å². The van der Waals surface area contributed by atoms with Gasteiger partial charge in [0.15, 0.2) is 0 Å². The molecule has 2 unspecified atom stereocenters. The zero-order chi connectivity index (χ0) is 15.8. The number of pyridine rings is 2. The second-order valence-corrected chi connectivity index (χ2v) is 6.71. The van der Waals surface area contributed by atoms with Crippen LogP contribution in [0.2, 0.25) is 0 Å². The third-order valence-electron chi connectivity index (χ3n) is 4.92. The van der Waals surface area contributed by atoms with E-state index in [2.05, 4.69) is 32.8 Å². The van der Waals surface area contributed by atoms with Gasteiger partial charge in [-0.25, -0.2) is 4.39 Å². The van der Waals surface area contributed by atoms with Crippen LogP contribution < -0.4 is 0 Å². The first-order chi connectivity index (χ1) is 11.2. The van der Waals surface area contributed by atoms with Crippen LogP contribution in [0, 0.1) is 12.7 Å². The predicted octanol–water partition coefficient (Wildman–Crippen LogP) is 2.38. The molecule has 5 heterocycles. The topological polar surface area (TPSA) is 32.3 Å². The van der Waals surface area contributed by atoms with Crippen molar-refractivity contribution in [3.05, 3.63) is 59.4 Å². The molecular formula is C18H21FN4. The molecule has 2 atom stereocenters. The minimum absolute atomic E-state index is 0.200. The standard InChI is InChI=1S/C18H21FN4/c1-13-5-14(8-20-7-13)9-23-15-6-16(23)11-22(10-15)12-18-17(19)3-2-4-21-18/h2-5,7-8,15-16H,6,9-12H2,1H3. The molecular weight excluding hydrogens is 291 g/mol. The quantitative estimate of drug-likeness (QED) is 0.868. The molecule has 0 aliphatic carbocycles. The lowest BCUT2D eigenvalue weighted by Crippen LogP contribution is -2.67. The largest absolute Gasteiger partial charge is 0.294 e.